The number of hydrogen-bond donors (Lipinski definition) is 1. The SMILES string of the molecule is Cc1csc(NC(=O)[C@H](C)N2C(=O)[C@H]3CC=CC[C@@H]3C2=O)n1. The zero-order valence-corrected chi connectivity index (χ0v) is 13.2. The first-order valence-electron chi connectivity index (χ1n) is 7.24. The van der Waals surface area contributed by atoms with Crippen molar-refractivity contribution in [3.05, 3.63) is 23.2 Å². The monoisotopic (exact) mass is 319 g/mol. The summed E-state index contributed by atoms with van der Waals surface area (Å²) < 4.78 is 0. The Hall–Kier alpha value is -2.02. The molecule has 2 aliphatic rings. The molecule has 22 heavy (non-hydrogen) atoms. The highest BCUT2D eigenvalue weighted by atomic mass is 32.1. The van der Waals surface area contributed by atoms with Crippen molar-refractivity contribution in [1.82, 2.24) is 9.88 Å². The van der Waals surface area contributed by atoms with Gasteiger partial charge in [0.1, 0.15) is 6.04 Å². The van der Waals surface area contributed by atoms with Gasteiger partial charge in [0.25, 0.3) is 0 Å². The number of carbonyl (C=O) groups excluding carboxylic acids is 3. The smallest absolute Gasteiger partial charge is 0.249 e. The molecule has 1 aromatic rings. The van der Waals surface area contributed by atoms with Crippen LogP contribution >= 0.6 is 11.3 Å². The summed E-state index contributed by atoms with van der Waals surface area (Å²) in [5.41, 5.74) is 0.818. The van der Waals surface area contributed by atoms with E-state index in [4.69, 9.17) is 0 Å². The van der Waals surface area contributed by atoms with E-state index in [1.54, 1.807) is 6.92 Å². The normalized spacial score (nSPS) is 25.3. The Labute approximate surface area is 132 Å². The minimum Gasteiger partial charge on any atom is -0.300 e. The molecule has 116 valence electrons. The molecule has 1 fully saturated rings. The van der Waals surface area contributed by atoms with Crippen molar-refractivity contribution in [2.75, 3.05) is 5.32 Å². The van der Waals surface area contributed by atoms with Crippen molar-refractivity contribution in [3.8, 4) is 0 Å². The van der Waals surface area contributed by atoms with Crippen LogP contribution in [0.5, 0.6) is 0 Å². The molecule has 2 heterocycles. The van der Waals surface area contributed by atoms with Crippen molar-refractivity contribution >= 4 is 34.2 Å². The molecular weight excluding hydrogens is 302 g/mol. The fourth-order valence-electron chi connectivity index (χ4n) is 2.95. The van der Waals surface area contributed by atoms with Crippen LogP contribution in [0.2, 0.25) is 0 Å². The lowest BCUT2D eigenvalue weighted by Crippen LogP contribution is -2.46. The lowest BCUT2D eigenvalue weighted by molar-refractivity contribution is -0.146. The predicted molar refractivity (Wildman–Crippen MR) is 82.1 cm³/mol. The first-order chi connectivity index (χ1) is 10.5. The molecular formula is C15H17N3O3S. The van der Waals surface area contributed by atoms with Gasteiger partial charge in [0, 0.05) is 5.38 Å². The molecule has 0 unspecified atom stereocenters. The highest BCUT2D eigenvalue weighted by Crippen LogP contribution is 2.36. The van der Waals surface area contributed by atoms with E-state index in [0.717, 1.165) is 10.6 Å². The van der Waals surface area contributed by atoms with E-state index in [-0.39, 0.29) is 29.6 Å². The summed E-state index contributed by atoms with van der Waals surface area (Å²) in [7, 11) is 0. The van der Waals surface area contributed by atoms with Crippen molar-refractivity contribution in [2.24, 2.45) is 11.8 Å². The fraction of sp³-hybridized carbons (Fsp3) is 0.467. The van der Waals surface area contributed by atoms with Gasteiger partial charge in [-0.05, 0) is 26.7 Å². The molecule has 0 radical (unpaired) electrons. The number of fused-ring (bicyclic) bond motifs is 1. The van der Waals surface area contributed by atoms with Gasteiger partial charge in [0.2, 0.25) is 17.7 Å². The van der Waals surface area contributed by atoms with Crippen molar-refractivity contribution in [3.63, 3.8) is 0 Å². The van der Waals surface area contributed by atoms with Crippen LogP contribution in [0.1, 0.15) is 25.5 Å². The molecule has 0 bridgehead atoms. The van der Waals surface area contributed by atoms with E-state index < -0.39 is 6.04 Å². The minimum atomic E-state index is -0.824. The van der Waals surface area contributed by atoms with Crippen LogP contribution in [-0.2, 0) is 14.4 Å². The molecule has 3 rings (SSSR count). The Morgan fingerprint density at radius 1 is 1.32 bits per heavy atom. The molecule has 6 nitrogen and oxygen atoms in total. The van der Waals surface area contributed by atoms with Gasteiger partial charge in [0.05, 0.1) is 17.5 Å². The lowest BCUT2D eigenvalue weighted by Gasteiger charge is -2.21. The molecule has 1 aliphatic heterocycles. The number of aryl methyl sites for hydroxylation is 1. The van der Waals surface area contributed by atoms with Gasteiger partial charge in [-0.2, -0.15) is 0 Å². The van der Waals surface area contributed by atoms with Gasteiger partial charge in [-0.25, -0.2) is 4.98 Å². The average Bonchev–Trinajstić information content (AvgIpc) is 3.01. The summed E-state index contributed by atoms with van der Waals surface area (Å²) in [6.45, 7) is 3.41. The maximum absolute atomic E-state index is 12.4. The third kappa shape index (κ3) is 2.45. The van der Waals surface area contributed by atoms with Gasteiger partial charge in [-0.15, -0.1) is 11.3 Å². The van der Waals surface area contributed by atoms with E-state index in [2.05, 4.69) is 10.3 Å². The summed E-state index contributed by atoms with van der Waals surface area (Å²) in [4.78, 5) is 42.4. The van der Waals surface area contributed by atoms with Crippen molar-refractivity contribution in [1.29, 1.82) is 0 Å². The zero-order valence-electron chi connectivity index (χ0n) is 12.4. The number of carbonyl (C=O) groups is 3. The van der Waals surface area contributed by atoms with E-state index >= 15 is 0 Å². The molecule has 1 aromatic heterocycles. The zero-order chi connectivity index (χ0) is 15.9. The van der Waals surface area contributed by atoms with E-state index in [0.29, 0.717) is 18.0 Å². The van der Waals surface area contributed by atoms with E-state index in [1.165, 1.54) is 11.3 Å². The van der Waals surface area contributed by atoms with E-state index in [9.17, 15) is 14.4 Å². The Bertz CT molecular complexity index is 641. The minimum absolute atomic E-state index is 0.239. The number of hydrogen-bond acceptors (Lipinski definition) is 5. The van der Waals surface area contributed by atoms with Gasteiger partial charge in [-0.1, -0.05) is 12.2 Å². The number of nitrogens with zero attached hydrogens (tertiary/aromatic N) is 2. The number of anilines is 1. The van der Waals surface area contributed by atoms with Gasteiger partial charge >= 0.3 is 0 Å². The number of imide groups is 1. The number of amides is 3. The standard InChI is InChI=1S/C15H17N3O3S/c1-8-7-22-15(16-8)17-12(19)9(2)18-13(20)10-5-3-4-6-11(10)14(18)21/h3-4,7,9-11H,5-6H2,1-2H3,(H,16,17,19)/t9-,10-,11-/m0/s1. The third-order valence-corrected chi connectivity index (χ3v) is 5.03. The maximum atomic E-state index is 12.4. The largest absolute Gasteiger partial charge is 0.300 e. The lowest BCUT2D eigenvalue weighted by atomic mass is 9.85. The van der Waals surface area contributed by atoms with Crippen LogP contribution in [0, 0.1) is 18.8 Å². The number of likely N-dealkylation sites (tertiary alicyclic amines) is 1. The molecule has 3 atom stereocenters. The third-order valence-electron chi connectivity index (χ3n) is 4.16. The highest BCUT2D eigenvalue weighted by Gasteiger charge is 2.50. The van der Waals surface area contributed by atoms with Crippen LogP contribution in [0.4, 0.5) is 5.13 Å². The Morgan fingerprint density at radius 2 is 1.91 bits per heavy atom. The Balaban J connectivity index is 1.74. The van der Waals surface area contributed by atoms with Crippen LogP contribution in [-0.4, -0.2) is 33.6 Å². The summed E-state index contributed by atoms with van der Waals surface area (Å²) in [5.74, 6) is -1.48. The summed E-state index contributed by atoms with van der Waals surface area (Å²) in [6, 6.07) is -0.824. The highest BCUT2D eigenvalue weighted by molar-refractivity contribution is 7.13. The first-order valence-corrected chi connectivity index (χ1v) is 8.12. The molecule has 0 saturated carbocycles. The van der Waals surface area contributed by atoms with Gasteiger partial charge < -0.3 is 5.32 Å². The second kappa shape index (κ2) is 5.64. The van der Waals surface area contributed by atoms with Crippen molar-refractivity contribution < 1.29 is 14.4 Å². The number of rotatable bonds is 3. The van der Waals surface area contributed by atoms with Crippen molar-refractivity contribution in [2.45, 2.75) is 32.7 Å². The van der Waals surface area contributed by atoms with Crippen LogP contribution in [0.25, 0.3) is 0 Å². The Morgan fingerprint density at radius 3 is 2.41 bits per heavy atom. The van der Waals surface area contributed by atoms with E-state index in [1.807, 2.05) is 24.5 Å². The number of allylic oxidation sites excluding steroid dienone is 2. The summed E-state index contributed by atoms with van der Waals surface area (Å²) in [5, 5.41) is 4.97. The van der Waals surface area contributed by atoms with Crippen LogP contribution < -0.4 is 5.32 Å². The molecule has 0 spiro atoms. The number of thiazole rings is 1. The quantitative estimate of drug-likeness (QED) is 0.680. The second-order valence-corrected chi connectivity index (χ2v) is 6.52. The summed E-state index contributed by atoms with van der Waals surface area (Å²) >= 11 is 1.32. The average molecular weight is 319 g/mol. The topological polar surface area (TPSA) is 79.4 Å². The van der Waals surface area contributed by atoms with Crippen LogP contribution in [0.3, 0.4) is 0 Å². The number of nitrogens with one attached hydrogen (secondary N) is 1. The molecule has 1 N–H and O–H groups in total. The van der Waals surface area contributed by atoms with Gasteiger partial charge in [0.15, 0.2) is 5.13 Å². The Kier molecular flexibility index (Phi) is 3.82. The van der Waals surface area contributed by atoms with Crippen LogP contribution in [0.15, 0.2) is 17.5 Å². The molecule has 0 aromatic carbocycles. The second-order valence-electron chi connectivity index (χ2n) is 5.66. The number of aromatic nitrogens is 1. The molecule has 1 aliphatic carbocycles. The summed E-state index contributed by atoms with van der Waals surface area (Å²) in [6.07, 6.45) is 5.01. The molecule has 3 amide bonds. The fourth-order valence-corrected chi connectivity index (χ4v) is 3.64. The van der Waals surface area contributed by atoms with Gasteiger partial charge in [-0.3, -0.25) is 19.3 Å². The molecule has 7 heteroatoms. The first kappa shape index (κ1) is 14.9. The maximum Gasteiger partial charge on any atom is 0.249 e. The predicted octanol–water partition coefficient (Wildman–Crippen LogP) is 1.73. The molecule has 1 saturated heterocycles.